The lowest BCUT2D eigenvalue weighted by molar-refractivity contribution is 0.293. The first kappa shape index (κ1) is 13.9. The van der Waals surface area contributed by atoms with E-state index >= 15 is 0 Å². The third kappa shape index (κ3) is 3.29. The van der Waals surface area contributed by atoms with Crippen molar-refractivity contribution in [1.82, 2.24) is 9.88 Å². The Labute approximate surface area is 115 Å². The van der Waals surface area contributed by atoms with Crippen LogP contribution < -0.4 is 4.74 Å². The van der Waals surface area contributed by atoms with Gasteiger partial charge >= 0.3 is 0 Å². The minimum atomic E-state index is 0.905. The summed E-state index contributed by atoms with van der Waals surface area (Å²) in [5, 5.41) is 1.31. The predicted molar refractivity (Wildman–Crippen MR) is 81.0 cm³/mol. The van der Waals surface area contributed by atoms with Crippen molar-refractivity contribution in [3.8, 4) is 5.75 Å². The first-order chi connectivity index (χ1) is 9.28. The van der Waals surface area contributed by atoms with Gasteiger partial charge in [0.05, 0.1) is 7.11 Å². The normalized spacial score (nSPS) is 11.4. The number of benzene rings is 1. The maximum Gasteiger partial charge on any atom is 0.120 e. The van der Waals surface area contributed by atoms with Crippen LogP contribution in [0.4, 0.5) is 0 Å². The summed E-state index contributed by atoms with van der Waals surface area (Å²) in [4.78, 5) is 5.84. The molecule has 104 valence electrons. The Morgan fingerprint density at radius 2 is 2.05 bits per heavy atom. The fourth-order valence-corrected chi connectivity index (χ4v) is 2.52. The molecule has 0 atom stereocenters. The molecule has 1 N–H and O–H groups in total. The van der Waals surface area contributed by atoms with Crippen molar-refractivity contribution in [3.05, 3.63) is 30.0 Å². The topological polar surface area (TPSA) is 28.3 Å². The summed E-state index contributed by atoms with van der Waals surface area (Å²) >= 11 is 0. The molecule has 0 aliphatic heterocycles. The molecule has 3 heteroatoms. The van der Waals surface area contributed by atoms with Gasteiger partial charge in [0.1, 0.15) is 5.75 Å². The van der Waals surface area contributed by atoms with Crippen molar-refractivity contribution in [2.45, 2.75) is 26.7 Å². The van der Waals surface area contributed by atoms with Crippen molar-refractivity contribution < 1.29 is 4.74 Å². The van der Waals surface area contributed by atoms with Gasteiger partial charge in [0.15, 0.2) is 0 Å². The van der Waals surface area contributed by atoms with Crippen molar-refractivity contribution >= 4 is 10.9 Å². The molecular formula is C16H24N2O. The van der Waals surface area contributed by atoms with E-state index < -0.39 is 0 Å². The third-order valence-electron chi connectivity index (χ3n) is 3.66. The summed E-state index contributed by atoms with van der Waals surface area (Å²) in [6, 6.07) is 6.24. The molecule has 19 heavy (non-hydrogen) atoms. The van der Waals surface area contributed by atoms with Crippen LogP contribution in [0.25, 0.3) is 10.9 Å². The van der Waals surface area contributed by atoms with Crippen molar-refractivity contribution in [2.75, 3.05) is 26.7 Å². The highest BCUT2D eigenvalue weighted by Crippen LogP contribution is 2.23. The molecular weight excluding hydrogens is 236 g/mol. The molecule has 0 saturated carbocycles. The van der Waals surface area contributed by atoms with E-state index in [9.17, 15) is 0 Å². The lowest BCUT2D eigenvalue weighted by Gasteiger charge is -2.18. The van der Waals surface area contributed by atoms with Crippen LogP contribution in [0.5, 0.6) is 5.75 Å². The average Bonchev–Trinajstić information content (AvgIpc) is 2.85. The van der Waals surface area contributed by atoms with Gasteiger partial charge in [-0.05, 0) is 43.6 Å². The van der Waals surface area contributed by atoms with E-state index in [0.717, 1.165) is 30.8 Å². The SMILES string of the molecule is CCCN(CC)CCc1c[nH]c2cc(OC)ccc12. The Hall–Kier alpha value is -1.48. The number of hydrogen-bond acceptors (Lipinski definition) is 2. The van der Waals surface area contributed by atoms with Gasteiger partial charge in [-0.2, -0.15) is 0 Å². The second-order valence-electron chi connectivity index (χ2n) is 4.91. The largest absolute Gasteiger partial charge is 0.497 e. The quantitative estimate of drug-likeness (QED) is 0.826. The molecule has 2 aromatic rings. The fourth-order valence-electron chi connectivity index (χ4n) is 2.52. The number of aromatic amines is 1. The first-order valence-corrected chi connectivity index (χ1v) is 7.14. The zero-order chi connectivity index (χ0) is 13.7. The second kappa shape index (κ2) is 6.62. The van der Waals surface area contributed by atoms with E-state index in [1.54, 1.807) is 7.11 Å². The highest BCUT2D eigenvalue weighted by Gasteiger charge is 2.07. The molecule has 0 unspecified atom stereocenters. The van der Waals surface area contributed by atoms with Crippen LogP contribution in [0.2, 0.25) is 0 Å². The van der Waals surface area contributed by atoms with Crippen LogP contribution in [0.3, 0.4) is 0 Å². The molecule has 0 saturated heterocycles. The number of likely N-dealkylation sites (N-methyl/N-ethyl adjacent to an activating group) is 1. The number of hydrogen-bond donors (Lipinski definition) is 1. The summed E-state index contributed by atoms with van der Waals surface area (Å²) in [6.45, 7) is 7.91. The van der Waals surface area contributed by atoms with Crippen LogP contribution in [0.15, 0.2) is 24.4 Å². The Kier molecular flexibility index (Phi) is 4.86. The standard InChI is InChI=1S/C16H24N2O/c1-4-9-18(5-2)10-8-13-12-17-16-11-14(19-3)6-7-15(13)16/h6-7,11-12,17H,4-5,8-10H2,1-3H3. The van der Waals surface area contributed by atoms with Gasteiger partial charge in [0, 0.05) is 29.7 Å². The fraction of sp³-hybridized carbons (Fsp3) is 0.500. The number of methoxy groups -OCH3 is 1. The number of fused-ring (bicyclic) bond motifs is 1. The van der Waals surface area contributed by atoms with Gasteiger partial charge in [-0.3, -0.25) is 0 Å². The van der Waals surface area contributed by atoms with Crippen LogP contribution in [0.1, 0.15) is 25.8 Å². The number of rotatable bonds is 7. The summed E-state index contributed by atoms with van der Waals surface area (Å²) in [5.41, 5.74) is 2.56. The highest BCUT2D eigenvalue weighted by atomic mass is 16.5. The van der Waals surface area contributed by atoms with Crippen molar-refractivity contribution in [3.63, 3.8) is 0 Å². The smallest absolute Gasteiger partial charge is 0.120 e. The maximum absolute atomic E-state index is 5.25. The molecule has 0 spiro atoms. The van der Waals surface area contributed by atoms with E-state index in [4.69, 9.17) is 4.74 Å². The number of ether oxygens (including phenoxy) is 1. The average molecular weight is 260 g/mol. The molecule has 3 nitrogen and oxygen atoms in total. The second-order valence-corrected chi connectivity index (χ2v) is 4.91. The van der Waals surface area contributed by atoms with Crippen LogP contribution >= 0.6 is 0 Å². The summed E-state index contributed by atoms with van der Waals surface area (Å²) in [6.07, 6.45) is 4.45. The van der Waals surface area contributed by atoms with E-state index in [1.807, 2.05) is 6.07 Å². The number of H-pyrrole nitrogens is 1. The monoisotopic (exact) mass is 260 g/mol. The highest BCUT2D eigenvalue weighted by molar-refractivity contribution is 5.84. The molecule has 1 aromatic carbocycles. The Balaban J connectivity index is 2.08. The third-order valence-corrected chi connectivity index (χ3v) is 3.66. The molecule has 1 aromatic heterocycles. The van der Waals surface area contributed by atoms with Gasteiger partial charge in [-0.1, -0.05) is 13.8 Å². The van der Waals surface area contributed by atoms with E-state index in [2.05, 4.69) is 42.1 Å². The lowest BCUT2D eigenvalue weighted by Crippen LogP contribution is -2.26. The summed E-state index contributed by atoms with van der Waals surface area (Å²) in [5.74, 6) is 0.905. The molecule has 0 bridgehead atoms. The molecule has 0 fully saturated rings. The first-order valence-electron chi connectivity index (χ1n) is 7.14. The van der Waals surface area contributed by atoms with Gasteiger partial charge in [-0.15, -0.1) is 0 Å². The Bertz CT molecular complexity index is 518. The summed E-state index contributed by atoms with van der Waals surface area (Å²) in [7, 11) is 1.70. The van der Waals surface area contributed by atoms with Crippen LogP contribution in [0, 0.1) is 0 Å². The Morgan fingerprint density at radius 3 is 2.74 bits per heavy atom. The van der Waals surface area contributed by atoms with Crippen molar-refractivity contribution in [2.24, 2.45) is 0 Å². The minimum absolute atomic E-state index is 0.905. The predicted octanol–water partition coefficient (Wildman–Crippen LogP) is 3.45. The van der Waals surface area contributed by atoms with Crippen LogP contribution in [-0.4, -0.2) is 36.6 Å². The van der Waals surface area contributed by atoms with Crippen molar-refractivity contribution in [1.29, 1.82) is 0 Å². The molecule has 0 aliphatic carbocycles. The Morgan fingerprint density at radius 1 is 1.21 bits per heavy atom. The number of nitrogens with one attached hydrogen (secondary N) is 1. The van der Waals surface area contributed by atoms with Crippen LogP contribution in [-0.2, 0) is 6.42 Å². The minimum Gasteiger partial charge on any atom is -0.497 e. The zero-order valence-electron chi connectivity index (χ0n) is 12.2. The lowest BCUT2D eigenvalue weighted by atomic mass is 10.1. The number of aromatic nitrogens is 1. The van der Waals surface area contributed by atoms with Gasteiger partial charge in [-0.25, -0.2) is 0 Å². The van der Waals surface area contributed by atoms with E-state index in [-0.39, 0.29) is 0 Å². The van der Waals surface area contributed by atoms with E-state index in [0.29, 0.717) is 0 Å². The molecule has 2 rings (SSSR count). The molecule has 0 amide bonds. The maximum atomic E-state index is 5.25. The molecule has 1 heterocycles. The zero-order valence-corrected chi connectivity index (χ0v) is 12.2. The summed E-state index contributed by atoms with van der Waals surface area (Å²) < 4.78 is 5.25. The molecule has 0 radical (unpaired) electrons. The number of nitrogens with zero attached hydrogens (tertiary/aromatic N) is 1. The molecule has 0 aliphatic rings. The van der Waals surface area contributed by atoms with Gasteiger partial charge in [0.25, 0.3) is 0 Å². The van der Waals surface area contributed by atoms with E-state index in [1.165, 1.54) is 23.9 Å². The van der Waals surface area contributed by atoms with Gasteiger partial charge < -0.3 is 14.6 Å². The van der Waals surface area contributed by atoms with Gasteiger partial charge in [0.2, 0.25) is 0 Å².